The fourth-order valence-corrected chi connectivity index (χ4v) is 1.55. The van der Waals surface area contributed by atoms with E-state index in [-0.39, 0.29) is 0 Å². The molecule has 2 aromatic heterocycles. The van der Waals surface area contributed by atoms with E-state index in [1.165, 1.54) is 0 Å². The molecule has 0 aliphatic heterocycles. The van der Waals surface area contributed by atoms with Crippen molar-refractivity contribution in [1.82, 2.24) is 9.55 Å². The monoisotopic (exact) mass is 205 g/mol. The Bertz CT molecular complexity index is 456. The second-order valence-electron chi connectivity index (χ2n) is 3.62. The lowest BCUT2D eigenvalue weighted by atomic mass is 10.2. The number of hydrogen-bond acceptors (Lipinski definition) is 3. The molecule has 2 N–H and O–H groups in total. The molecule has 0 atom stereocenters. The Balaban J connectivity index is 2.25. The molecule has 2 aromatic rings. The summed E-state index contributed by atoms with van der Waals surface area (Å²) in [5, 5.41) is 0. The molecule has 2 rings (SSSR count). The lowest BCUT2D eigenvalue weighted by Crippen LogP contribution is -2.04. The molecule has 0 aromatic carbocycles. The molecule has 0 spiro atoms. The Hall–Kier alpha value is -1.55. The standard InChI is InChI=1S/C11H15N3O/c1-8-9(2)14(7-13-8)6-11-10(5-12)3-4-15-11/h3-4,7H,5-6,12H2,1-2H3. The lowest BCUT2D eigenvalue weighted by Gasteiger charge is -2.04. The van der Waals surface area contributed by atoms with Gasteiger partial charge >= 0.3 is 0 Å². The zero-order valence-electron chi connectivity index (χ0n) is 9.03. The predicted octanol–water partition coefficient (Wildman–Crippen LogP) is 1.60. The topological polar surface area (TPSA) is 57.0 Å². The maximum absolute atomic E-state index is 5.61. The molecule has 80 valence electrons. The van der Waals surface area contributed by atoms with Crippen LogP contribution in [0.3, 0.4) is 0 Å². The van der Waals surface area contributed by atoms with E-state index in [2.05, 4.69) is 9.55 Å². The molecule has 2 heterocycles. The number of aryl methyl sites for hydroxylation is 1. The van der Waals surface area contributed by atoms with Crippen LogP contribution >= 0.6 is 0 Å². The maximum Gasteiger partial charge on any atom is 0.127 e. The quantitative estimate of drug-likeness (QED) is 0.828. The van der Waals surface area contributed by atoms with E-state index in [9.17, 15) is 0 Å². The number of aromatic nitrogens is 2. The van der Waals surface area contributed by atoms with Gasteiger partial charge in [-0.3, -0.25) is 0 Å². The second-order valence-corrected chi connectivity index (χ2v) is 3.62. The Morgan fingerprint density at radius 2 is 2.27 bits per heavy atom. The molecule has 0 aliphatic carbocycles. The van der Waals surface area contributed by atoms with E-state index in [4.69, 9.17) is 10.2 Å². The van der Waals surface area contributed by atoms with Crippen LogP contribution in [0.1, 0.15) is 22.7 Å². The van der Waals surface area contributed by atoms with Gasteiger partial charge in [-0.25, -0.2) is 4.98 Å². The number of rotatable bonds is 3. The highest BCUT2D eigenvalue weighted by Gasteiger charge is 2.08. The van der Waals surface area contributed by atoms with Crippen LogP contribution in [0.25, 0.3) is 0 Å². The number of furan rings is 1. The van der Waals surface area contributed by atoms with E-state index in [0.29, 0.717) is 13.1 Å². The highest BCUT2D eigenvalue weighted by Crippen LogP contribution is 2.13. The van der Waals surface area contributed by atoms with Gasteiger partial charge in [-0.1, -0.05) is 0 Å². The van der Waals surface area contributed by atoms with Gasteiger partial charge in [0, 0.05) is 17.8 Å². The molecule has 0 saturated carbocycles. The fraction of sp³-hybridized carbons (Fsp3) is 0.364. The number of nitrogens with two attached hydrogens (primary N) is 1. The third kappa shape index (κ3) is 1.80. The van der Waals surface area contributed by atoms with E-state index in [0.717, 1.165) is 22.7 Å². The van der Waals surface area contributed by atoms with Crippen molar-refractivity contribution in [2.45, 2.75) is 26.9 Å². The molecule has 0 fully saturated rings. The van der Waals surface area contributed by atoms with Crippen molar-refractivity contribution >= 4 is 0 Å². The summed E-state index contributed by atoms with van der Waals surface area (Å²) in [5.41, 5.74) is 8.88. The first-order chi connectivity index (χ1) is 7.22. The van der Waals surface area contributed by atoms with Crippen LogP contribution < -0.4 is 5.73 Å². The molecule has 0 saturated heterocycles. The van der Waals surface area contributed by atoms with Crippen molar-refractivity contribution in [3.8, 4) is 0 Å². The summed E-state index contributed by atoms with van der Waals surface area (Å²) in [6.45, 7) is 5.26. The number of imidazole rings is 1. The van der Waals surface area contributed by atoms with E-state index in [1.54, 1.807) is 6.26 Å². The maximum atomic E-state index is 5.61. The van der Waals surface area contributed by atoms with Crippen molar-refractivity contribution in [3.63, 3.8) is 0 Å². The van der Waals surface area contributed by atoms with Crippen molar-refractivity contribution < 1.29 is 4.42 Å². The van der Waals surface area contributed by atoms with Crippen LogP contribution in [0, 0.1) is 13.8 Å². The van der Waals surface area contributed by atoms with Gasteiger partial charge in [-0.15, -0.1) is 0 Å². The van der Waals surface area contributed by atoms with Gasteiger partial charge < -0.3 is 14.7 Å². The van der Waals surface area contributed by atoms with Crippen LogP contribution in [0.15, 0.2) is 23.1 Å². The lowest BCUT2D eigenvalue weighted by molar-refractivity contribution is 0.486. The molecular formula is C11H15N3O. The fourth-order valence-electron chi connectivity index (χ4n) is 1.55. The van der Waals surface area contributed by atoms with Crippen molar-refractivity contribution in [1.29, 1.82) is 0 Å². The number of nitrogens with zero attached hydrogens (tertiary/aromatic N) is 2. The summed E-state index contributed by atoms with van der Waals surface area (Å²) >= 11 is 0. The van der Waals surface area contributed by atoms with E-state index in [1.807, 2.05) is 26.2 Å². The van der Waals surface area contributed by atoms with Gasteiger partial charge in [0.1, 0.15) is 5.76 Å². The van der Waals surface area contributed by atoms with Crippen molar-refractivity contribution in [2.75, 3.05) is 0 Å². The smallest absolute Gasteiger partial charge is 0.127 e. The summed E-state index contributed by atoms with van der Waals surface area (Å²) in [4.78, 5) is 4.24. The van der Waals surface area contributed by atoms with Crippen LogP contribution in [0.5, 0.6) is 0 Å². The summed E-state index contributed by atoms with van der Waals surface area (Å²) < 4.78 is 7.46. The van der Waals surface area contributed by atoms with E-state index >= 15 is 0 Å². The Kier molecular flexibility index (Phi) is 2.60. The molecular weight excluding hydrogens is 190 g/mol. The highest BCUT2D eigenvalue weighted by atomic mass is 16.3. The number of hydrogen-bond donors (Lipinski definition) is 1. The van der Waals surface area contributed by atoms with Crippen molar-refractivity contribution in [3.05, 3.63) is 41.4 Å². The minimum absolute atomic E-state index is 0.512. The van der Waals surface area contributed by atoms with Crippen LogP contribution in [0.2, 0.25) is 0 Å². The molecule has 0 bridgehead atoms. The Labute approximate surface area is 88.7 Å². The minimum atomic E-state index is 0.512. The molecule has 4 heteroatoms. The average molecular weight is 205 g/mol. The first kappa shape index (κ1) is 9.98. The van der Waals surface area contributed by atoms with Crippen LogP contribution in [-0.2, 0) is 13.1 Å². The summed E-state index contributed by atoms with van der Waals surface area (Å²) in [6, 6.07) is 1.91. The third-order valence-electron chi connectivity index (χ3n) is 2.72. The zero-order valence-corrected chi connectivity index (χ0v) is 9.03. The average Bonchev–Trinajstić information content (AvgIpc) is 2.80. The largest absolute Gasteiger partial charge is 0.467 e. The van der Waals surface area contributed by atoms with E-state index < -0.39 is 0 Å². The molecule has 0 radical (unpaired) electrons. The van der Waals surface area contributed by atoms with Crippen LogP contribution in [-0.4, -0.2) is 9.55 Å². The minimum Gasteiger partial charge on any atom is -0.467 e. The molecule has 0 amide bonds. The highest BCUT2D eigenvalue weighted by molar-refractivity contribution is 5.18. The first-order valence-corrected chi connectivity index (χ1v) is 4.96. The third-order valence-corrected chi connectivity index (χ3v) is 2.72. The van der Waals surface area contributed by atoms with Crippen molar-refractivity contribution in [2.24, 2.45) is 5.73 Å². The second kappa shape index (κ2) is 3.90. The van der Waals surface area contributed by atoms with Gasteiger partial charge in [0.05, 0.1) is 24.8 Å². The summed E-state index contributed by atoms with van der Waals surface area (Å²) in [5.74, 6) is 0.915. The normalized spacial score (nSPS) is 10.9. The first-order valence-electron chi connectivity index (χ1n) is 4.96. The van der Waals surface area contributed by atoms with Gasteiger partial charge in [0.2, 0.25) is 0 Å². The summed E-state index contributed by atoms with van der Waals surface area (Å²) in [7, 11) is 0. The molecule has 0 unspecified atom stereocenters. The summed E-state index contributed by atoms with van der Waals surface area (Å²) in [6.07, 6.45) is 3.50. The zero-order chi connectivity index (χ0) is 10.8. The Morgan fingerprint density at radius 3 is 2.87 bits per heavy atom. The molecule has 0 aliphatic rings. The molecule has 15 heavy (non-hydrogen) atoms. The van der Waals surface area contributed by atoms with Gasteiger partial charge in [-0.05, 0) is 19.9 Å². The molecule has 4 nitrogen and oxygen atoms in total. The SMILES string of the molecule is Cc1ncn(Cc2occc2CN)c1C. The van der Waals surface area contributed by atoms with Gasteiger partial charge in [0.15, 0.2) is 0 Å². The van der Waals surface area contributed by atoms with Gasteiger partial charge in [0.25, 0.3) is 0 Å². The predicted molar refractivity (Wildman–Crippen MR) is 57.4 cm³/mol. The van der Waals surface area contributed by atoms with Crippen LogP contribution in [0.4, 0.5) is 0 Å². The Morgan fingerprint density at radius 1 is 1.47 bits per heavy atom. The van der Waals surface area contributed by atoms with Gasteiger partial charge in [-0.2, -0.15) is 0 Å².